The van der Waals surface area contributed by atoms with E-state index in [9.17, 15) is 14.4 Å². The molecule has 1 heterocycles. The molecule has 1 unspecified atom stereocenters. The second-order valence-electron chi connectivity index (χ2n) is 6.23. The van der Waals surface area contributed by atoms with E-state index >= 15 is 0 Å². The number of carbonyl (C=O) groups excluding carboxylic acids is 3. The third kappa shape index (κ3) is 4.71. The molecule has 0 bridgehead atoms. The van der Waals surface area contributed by atoms with Crippen LogP contribution in [-0.4, -0.2) is 55.0 Å². The zero-order valence-corrected chi connectivity index (χ0v) is 14.8. The fraction of sp³-hybridized carbons (Fsp3) is 0.250. The van der Waals surface area contributed by atoms with Crippen molar-refractivity contribution in [1.29, 1.82) is 0 Å². The van der Waals surface area contributed by atoms with Crippen LogP contribution in [0.4, 0.5) is 0 Å². The van der Waals surface area contributed by atoms with Gasteiger partial charge >= 0.3 is 0 Å². The monoisotopic (exact) mass is 367 g/mol. The Morgan fingerprint density at radius 3 is 2.37 bits per heavy atom. The van der Waals surface area contributed by atoms with Crippen molar-refractivity contribution in [3.8, 4) is 11.1 Å². The van der Waals surface area contributed by atoms with Crippen molar-refractivity contribution in [2.24, 2.45) is 5.73 Å². The number of ether oxygens (including phenoxy) is 1. The zero-order chi connectivity index (χ0) is 19.2. The van der Waals surface area contributed by atoms with E-state index in [4.69, 9.17) is 10.5 Å². The highest BCUT2D eigenvalue weighted by molar-refractivity contribution is 5.97. The predicted octanol–water partition coefficient (Wildman–Crippen LogP) is 0.796. The average Bonchev–Trinajstić information content (AvgIpc) is 2.72. The minimum absolute atomic E-state index is 0.107. The summed E-state index contributed by atoms with van der Waals surface area (Å²) in [5.74, 6) is -1.21. The first kappa shape index (κ1) is 18.6. The highest BCUT2D eigenvalue weighted by atomic mass is 16.5. The lowest BCUT2D eigenvalue weighted by atomic mass is 10.0. The van der Waals surface area contributed by atoms with Gasteiger partial charge in [0.15, 0.2) is 6.10 Å². The molecule has 1 saturated heterocycles. The van der Waals surface area contributed by atoms with Crippen molar-refractivity contribution in [2.75, 3.05) is 26.2 Å². The molecule has 1 aliphatic heterocycles. The predicted molar refractivity (Wildman–Crippen MR) is 99.7 cm³/mol. The molecule has 2 aromatic rings. The number of morpholine rings is 1. The lowest BCUT2D eigenvalue weighted by Gasteiger charge is -2.31. The Balaban J connectivity index is 1.54. The minimum atomic E-state index is -0.802. The van der Waals surface area contributed by atoms with Crippen molar-refractivity contribution >= 4 is 17.7 Å². The molecule has 1 fully saturated rings. The van der Waals surface area contributed by atoms with Gasteiger partial charge in [-0.15, -0.1) is 0 Å². The van der Waals surface area contributed by atoms with Crippen LogP contribution >= 0.6 is 0 Å². The molecule has 27 heavy (non-hydrogen) atoms. The third-order valence-electron chi connectivity index (χ3n) is 4.39. The summed E-state index contributed by atoms with van der Waals surface area (Å²) in [6.07, 6.45) is -0.802. The van der Waals surface area contributed by atoms with Gasteiger partial charge in [0.1, 0.15) is 0 Å². The first-order valence-corrected chi connectivity index (χ1v) is 8.67. The number of hydrogen-bond donors (Lipinski definition) is 2. The fourth-order valence-electron chi connectivity index (χ4n) is 2.86. The number of nitrogens with two attached hydrogens (primary N) is 1. The Bertz CT molecular complexity index is 821. The Labute approximate surface area is 157 Å². The number of benzene rings is 2. The van der Waals surface area contributed by atoms with Gasteiger partial charge in [0.2, 0.25) is 11.8 Å². The van der Waals surface area contributed by atoms with E-state index in [1.165, 1.54) is 4.90 Å². The zero-order valence-electron chi connectivity index (χ0n) is 14.8. The molecule has 0 radical (unpaired) electrons. The topological polar surface area (TPSA) is 102 Å². The van der Waals surface area contributed by atoms with Crippen molar-refractivity contribution in [3.05, 3.63) is 60.2 Å². The van der Waals surface area contributed by atoms with Crippen LogP contribution in [0.15, 0.2) is 54.6 Å². The number of carbonyl (C=O) groups is 3. The van der Waals surface area contributed by atoms with Crippen LogP contribution in [0.2, 0.25) is 0 Å². The van der Waals surface area contributed by atoms with E-state index in [0.29, 0.717) is 12.1 Å². The largest absolute Gasteiger partial charge is 0.367 e. The number of hydrogen-bond acceptors (Lipinski definition) is 4. The lowest BCUT2D eigenvalue weighted by molar-refractivity contribution is -0.144. The maximum atomic E-state index is 12.3. The summed E-state index contributed by atoms with van der Waals surface area (Å²) in [6, 6.07) is 17.0. The second kappa shape index (κ2) is 8.46. The number of nitrogens with one attached hydrogen (secondary N) is 1. The van der Waals surface area contributed by atoms with Crippen molar-refractivity contribution in [3.63, 3.8) is 0 Å². The highest BCUT2D eigenvalue weighted by Gasteiger charge is 2.27. The Kier molecular flexibility index (Phi) is 5.83. The van der Waals surface area contributed by atoms with Gasteiger partial charge in [0.25, 0.3) is 5.91 Å². The number of nitrogens with zero attached hydrogens (tertiary/aromatic N) is 1. The Morgan fingerprint density at radius 1 is 1.04 bits per heavy atom. The lowest BCUT2D eigenvalue weighted by Crippen LogP contribution is -2.52. The van der Waals surface area contributed by atoms with Crippen molar-refractivity contribution in [1.82, 2.24) is 10.2 Å². The molecule has 140 valence electrons. The van der Waals surface area contributed by atoms with E-state index < -0.39 is 12.0 Å². The minimum Gasteiger partial charge on any atom is -0.367 e. The molecule has 3 amide bonds. The molecule has 0 aromatic heterocycles. The fourth-order valence-corrected chi connectivity index (χ4v) is 2.86. The van der Waals surface area contributed by atoms with E-state index in [1.54, 1.807) is 12.1 Å². The molecule has 3 N–H and O–H groups in total. The van der Waals surface area contributed by atoms with Crippen LogP contribution in [0.5, 0.6) is 0 Å². The van der Waals surface area contributed by atoms with Gasteiger partial charge in [-0.2, -0.15) is 0 Å². The summed E-state index contributed by atoms with van der Waals surface area (Å²) in [6.45, 7) is 0.569. The van der Waals surface area contributed by atoms with Crippen LogP contribution in [0.25, 0.3) is 11.1 Å². The molecule has 0 saturated carbocycles. The van der Waals surface area contributed by atoms with Gasteiger partial charge in [0.05, 0.1) is 19.7 Å². The van der Waals surface area contributed by atoms with Gasteiger partial charge < -0.3 is 20.7 Å². The third-order valence-corrected chi connectivity index (χ3v) is 4.39. The van der Waals surface area contributed by atoms with Crippen LogP contribution in [-0.2, 0) is 14.3 Å². The number of primary amides is 1. The standard InChI is InChI=1S/C20H21N3O4/c21-19(25)17-13-23(10-11-27-17)18(24)12-22-20(26)16-8-6-15(7-9-16)14-4-2-1-3-5-14/h1-9,17H,10-13H2,(H2,21,25)(H,22,26). The van der Waals surface area contributed by atoms with Crippen molar-refractivity contribution < 1.29 is 19.1 Å². The molecule has 0 aliphatic carbocycles. The highest BCUT2D eigenvalue weighted by Crippen LogP contribution is 2.19. The molecular weight excluding hydrogens is 346 g/mol. The number of amides is 3. The molecule has 3 rings (SSSR count). The summed E-state index contributed by atoms with van der Waals surface area (Å²) in [7, 11) is 0. The molecule has 7 nitrogen and oxygen atoms in total. The number of rotatable bonds is 5. The molecule has 7 heteroatoms. The Morgan fingerprint density at radius 2 is 1.70 bits per heavy atom. The van der Waals surface area contributed by atoms with Gasteiger partial charge in [-0.25, -0.2) is 0 Å². The van der Waals surface area contributed by atoms with Crippen LogP contribution in [0.1, 0.15) is 10.4 Å². The molecule has 2 aromatic carbocycles. The summed E-state index contributed by atoms with van der Waals surface area (Å²) < 4.78 is 5.21. The summed E-state index contributed by atoms with van der Waals surface area (Å²) >= 11 is 0. The maximum absolute atomic E-state index is 12.3. The Hall–Kier alpha value is -3.19. The molecular formula is C20H21N3O4. The summed E-state index contributed by atoms with van der Waals surface area (Å²) in [5, 5.41) is 2.61. The normalized spacial score (nSPS) is 16.6. The first-order chi connectivity index (χ1) is 13.0. The second-order valence-corrected chi connectivity index (χ2v) is 6.23. The smallest absolute Gasteiger partial charge is 0.251 e. The van der Waals surface area contributed by atoms with Gasteiger partial charge in [-0.05, 0) is 23.3 Å². The van der Waals surface area contributed by atoms with Crippen molar-refractivity contribution in [2.45, 2.75) is 6.10 Å². The molecule has 1 atom stereocenters. The van der Waals surface area contributed by atoms with Gasteiger partial charge in [0, 0.05) is 12.1 Å². The van der Waals surface area contributed by atoms with Gasteiger partial charge in [-0.1, -0.05) is 42.5 Å². The maximum Gasteiger partial charge on any atom is 0.251 e. The first-order valence-electron chi connectivity index (χ1n) is 8.67. The van der Waals surface area contributed by atoms with Crippen LogP contribution < -0.4 is 11.1 Å². The molecule has 0 spiro atoms. The van der Waals surface area contributed by atoms with Crippen LogP contribution in [0, 0.1) is 0 Å². The SMILES string of the molecule is NC(=O)C1CN(C(=O)CNC(=O)c2ccc(-c3ccccc3)cc2)CCO1. The van der Waals surface area contributed by atoms with E-state index in [1.807, 2.05) is 42.5 Å². The van der Waals surface area contributed by atoms with E-state index in [0.717, 1.165) is 11.1 Å². The van der Waals surface area contributed by atoms with Crippen LogP contribution in [0.3, 0.4) is 0 Å². The van der Waals surface area contributed by atoms with E-state index in [-0.39, 0.29) is 31.5 Å². The summed E-state index contributed by atoms with van der Waals surface area (Å²) in [4.78, 5) is 37.2. The van der Waals surface area contributed by atoms with Gasteiger partial charge in [-0.3, -0.25) is 14.4 Å². The summed E-state index contributed by atoms with van der Waals surface area (Å²) in [5.41, 5.74) is 7.76. The quantitative estimate of drug-likeness (QED) is 0.816. The average molecular weight is 367 g/mol. The van der Waals surface area contributed by atoms with E-state index in [2.05, 4.69) is 5.32 Å². The molecule has 1 aliphatic rings.